The van der Waals surface area contributed by atoms with Crippen LogP contribution in [0.5, 0.6) is 0 Å². The second-order valence-corrected chi connectivity index (χ2v) is 7.39. The lowest BCUT2D eigenvalue weighted by atomic mass is 9.96. The van der Waals surface area contributed by atoms with Crippen molar-refractivity contribution in [3.8, 4) is 0 Å². The van der Waals surface area contributed by atoms with E-state index in [4.69, 9.17) is 0 Å². The van der Waals surface area contributed by atoms with Crippen molar-refractivity contribution >= 4 is 11.8 Å². The van der Waals surface area contributed by atoms with E-state index in [0.717, 1.165) is 37.2 Å². The number of nitrogens with zero attached hydrogens (tertiary/aromatic N) is 4. The minimum Gasteiger partial charge on any atom is -0.339 e. The number of hydrogen-bond donors (Lipinski definition) is 0. The van der Waals surface area contributed by atoms with Crippen molar-refractivity contribution in [1.29, 1.82) is 0 Å². The van der Waals surface area contributed by atoms with Crippen LogP contribution in [0.4, 0.5) is 0 Å². The number of rotatable bonds is 3. The standard InChI is InChI=1S/C21H26N4O2/c1-2-16-3-5-17(6-4-16)20(26)24-11-13-25(14-12-24)21(27)18-7-9-23-10-8-22-19(23)15-18/h3-6,8,10,18H,2,7,9,11-15H2,1H3. The Morgan fingerprint density at radius 2 is 1.74 bits per heavy atom. The van der Waals surface area contributed by atoms with E-state index in [1.54, 1.807) is 6.20 Å². The van der Waals surface area contributed by atoms with Gasteiger partial charge in [0.2, 0.25) is 5.91 Å². The lowest BCUT2D eigenvalue weighted by Gasteiger charge is -2.37. The second-order valence-electron chi connectivity index (χ2n) is 7.39. The molecule has 3 heterocycles. The SMILES string of the molecule is CCc1ccc(C(=O)N2CCN(C(=O)C3CCn4ccnc4C3)CC2)cc1. The average Bonchev–Trinajstić information content (AvgIpc) is 3.21. The van der Waals surface area contributed by atoms with Crippen LogP contribution in [0.15, 0.2) is 36.7 Å². The highest BCUT2D eigenvalue weighted by Crippen LogP contribution is 2.22. The average molecular weight is 366 g/mol. The number of hydrogen-bond acceptors (Lipinski definition) is 3. The van der Waals surface area contributed by atoms with Crippen LogP contribution < -0.4 is 0 Å². The summed E-state index contributed by atoms with van der Waals surface area (Å²) in [7, 11) is 0. The number of carbonyl (C=O) groups excluding carboxylic acids is 2. The van der Waals surface area contributed by atoms with Gasteiger partial charge in [0.1, 0.15) is 5.82 Å². The number of amides is 2. The van der Waals surface area contributed by atoms with Gasteiger partial charge in [0, 0.05) is 63.0 Å². The molecule has 0 bridgehead atoms. The Hall–Kier alpha value is -2.63. The quantitative estimate of drug-likeness (QED) is 0.835. The predicted octanol–water partition coefficient (Wildman–Crippen LogP) is 1.99. The van der Waals surface area contributed by atoms with Crippen molar-refractivity contribution in [3.63, 3.8) is 0 Å². The molecule has 0 saturated carbocycles. The van der Waals surface area contributed by atoms with Gasteiger partial charge in [-0.05, 0) is 30.5 Å². The first-order valence-corrected chi connectivity index (χ1v) is 9.82. The molecule has 1 fully saturated rings. The smallest absolute Gasteiger partial charge is 0.253 e. The first kappa shape index (κ1) is 17.8. The first-order valence-electron chi connectivity index (χ1n) is 9.82. The van der Waals surface area contributed by atoms with Gasteiger partial charge in [0.15, 0.2) is 0 Å². The van der Waals surface area contributed by atoms with Crippen LogP contribution in [0.3, 0.4) is 0 Å². The molecule has 0 radical (unpaired) electrons. The van der Waals surface area contributed by atoms with Crippen molar-refractivity contribution in [1.82, 2.24) is 19.4 Å². The van der Waals surface area contributed by atoms with Crippen LogP contribution in [-0.4, -0.2) is 57.3 Å². The third-order valence-corrected chi connectivity index (χ3v) is 5.79. The van der Waals surface area contributed by atoms with Gasteiger partial charge in [-0.25, -0.2) is 4.98 Å². The maximum Gasteiger partial charge on any atom is 0.253 e. The maximum absolute atomic E-state index is 12.9. The Morgan fingerprint density at radius 1 is 1.04 bits per heavy atom. The monoisotopic (exact) mass is 366 g/mol. The van der Waals surface area contributed by atoms with E-state index in [9.17, 15) is 9.59 Å². The van der Waals surface area contributed by atoms with E-state index in [2.05, 4.69) is 16.5 Å². The van der Waals surface area contributed by atoms with Crippen LogP contribution in [0, 0.1) is 5.92 Å². The molecule has 1 unspecified atom stereocenters. The molecule has 2 aromatic rings. The molecule has 6 heteroatoms. The van der Waals surface area contributed by atoms with Gasteiger partial charge in [-0.2, -0.15) is 0 Å². The largest absolute Gasteiger partial charge is 0.339 e. The summed E-state index contributed by atoms with van der Waals surface area (Å²) >= 11 is 0. The zero-order valence-corrected chi connectivity index (χ0v) is 15.8. The predicted molar refractivity (Wildman–Crippen MR) is 102 cm³/mol. The number of carbonyl (C=O) groups is 2. The van der Waals surface area contributed by atoms with Crippen LogP contribution in [-0.2, 0) is 24.2 Å². The molecule has 0 spiro atoms. The minimum atomic E-state index is 0.0174. The molecule has 1 saturated heterocycles. The molecular weight excluding hydrogens is 340 g/mol. The topological polar surface area (TPSA) is 58.4 Å². The highest BCUT2D eigenvalue weighted by molar-refractivity contribution is 5.94. The molecule has 0 aliphatic carbocycles. The summed E-state index contributed by atoms with van der Waals surface area (Å²) in [4.78, 5) is 33.7. The molecule has 2 aliphatic heterocycles. The highest BCUT2D eigenvalue weighted by atomic mass is 16.2. The maximum atomic E-state index is 12.9. The lowest BCUT2D eigenvalue weighted by molar-refractivity contribution is -0.137. The summed E-state index contributed by atoms with van der Waals surface area (Å²) in [5, 5.41) is 0. The Bertz CT molecular complexity index is 819. The van der Waals surface area contributed by atoms with Gasteiger partial charge < -0.3 is 14.4 Å². The molecule has 142 valence electrons. The van der Waals surface area contributed by atoms with Gasteiger partial charge in [0.05, 0.1) is 0 Å². The molecule has 6 nitrogen and oxygen atoms in total. The van der Waals surface area contributed by atoms with Crippen LogP contribution in [0.25, 0.3) is 0 Å². The zero-order valence-electron chi connectivity index (χ0n) is 15.8. The Labute approximate surface area is 159 Å². The highest BCUT2D eigenvalue weighted by Gasteiger charge is 2.31. The van der Waals surface area contributed by atoms with Gasteiger partial charge in [0.25, 0.3) is 5.91 Å². The molecule has 4 rings (SSSR count). The molecule has 0 N–H and O–H groups in total. The van der Waals surface area contributed by atoms with Crippen LogP contribution in [0.1, 0.15) is 35.1 Å². The number of imidazole rings is 1. The van der Waals surface area contributed by atoms with Crippen molar-refractivity contribution in [3.05, 3.63) is 53.6 Å². The normalized spacial score (nSPS) is 19.7. The van der Waals surface area contributed by atoms with Crippen molar-refractivity contribution in [2.24, 2.45) is 5.92 Å². The third-order valence-electron chi connectivity index (χ3n) is 5.79. The van der Waals surface area contributed by atoms with Crippen molar-refractivity contribution in [2.45, 2.75) is 32.7 Å². The summed E-state index contributed by atoms with van der Waals surface area (Å²) in [5.74, 6) is 1.29. The zero-order chi connectivity index (χ0) is 18.8. The van der Waals surface area contributed by atoms with Crippen LogP contribution in [0.2, 0.25) is 0 Å². The number of piperazine rings is 1. The fourth-order valence-corrected chi connectivity index (χ4v) is 4.02. The number of aromatic nitrogens is 2. The molecule has 1 aromatic carbocycles. The van der Waals surface area contributed by atoms with Crippen molar-refractivity contribution < 1.29 is 9.59 Å². The van der Waals surface area contributed by atoms with Crippen molar-refractivity contribution in [2.75, 3.05) is 26.2 Å². The molecule has 2 aliphatic rings. The second kappa shape index (κ2) is 7.55. The molecule has 1 atom stereocenters. The van der Waals surface area contributed by atoms with E-state index in [-0.39, 0.29) is 17.7 Å². The Kier molecular flexibility index (Phi) is 4.97. The Morgan fingerprint density at radius 3 is 2.44 bits per heavy atom. The fourth-order valence-electron chi connectivity index (χ4n) is 4.02. The van der Waals surface area contributed by atoms with E-state index >= 15 is 0 Å². The van der Waals surface area contributed by atoms with E-state index in [1.165, 1.54) is 5.56 Å². The first-order chi connectivity index (χ1) is 13.2. The van der Waals surface area contributed by atoms with Crippen LogP contribution >= 0.6 is 0 Å². The molecule has 27 heavy (non-hydrogen) atoms. The fraction of sp³-hybridized carbons (Fsp3) is 0.476. The third kappa shape index (κ3) is 3.61. The summed E-state index contributed by atoms with van der Waals surface area (Å²) in [6.07, 6.45) is 6.34. The number of aryl methyl sites for hydroxylation is 2. The summed E-state index contributed by atoms with van der Waals surface area (Å²) in [6.45, 7) is 5.39. The van der Waals surface area contributed by atoms with Gasteiger partial charge in [-0.15, -0.1) is 0 Å². The molecule has 1 aromatic heterocycles. The van der Waals surface area contributed by atoms with Gasteiger partial charge >= 0.3 is 0 Å². The summed E-state index contributed by atoms with van der Waals surface area (Å²) in [6, 6.07) is 7.84. The van der Waals surface area contributed by atoms with E-state index in [0.29, 0.717) is 26.2 Å². The number of fused-ring (bicyclic) bond motifs is 1. The van der Waals surface area contributed by atoms with E-state index in [1.807, 2.05) is 40.3 Å². The minimum absolute atomic E-state index is 0.0174. The van der Waals surface area contributed by atoms with E-state index < -0.39 is 0 Å². The lowest BCUT2D eigenvalue weighted by Crippen LogP contribution is -2.52. The van der Waals surface area contributed by atoms with Gasteiger partial charge in [-0.3, -0.25) is 9.59 Å². The summed E-state index contributed by atoms with van der Waals surface area (Å²) < 4.78 is 2.13. The summed E-state index contributed by atoms with van der Waals surface area (Å²) in [5.41, 5.74) is 1.96. The van der Waals surface area contributed by atoms with Gasteiger partial charge in [-0.1, -0.05) is 19.1 Å². The Balaban J connectivity index is 1.33. The number of benzene rings is 1. The molecule has 2 amide bonds. The molecular formula is C21H26N4O2.